The van der Waals surface area contributed by atoms with Crippen molar-refractivity contribution in [1.82, 2.24) is 20.1 Å². The van der Waals surface area contributed by atoms with Gasteiger partial charge in [0, 0.05) is 44.4 Å². The van der Waals surface area contributed by atoms with Gasteiger partial charge in [-0.3, -0.25) is 14.4 Å². The monoisotopic (exact) mass is 669 g/mol. The summed E-state index contributed by atoms with van der Waals surface area (Å²) in [6.45, 7) is 6.29. The first-order valence-electron chi connectivity index (χ1n) is 15.6. The number of carboxylic acids is 1. The summed E-state index contributed by atoms with van der Waals surface area (Å²) in [4.78, 5) is 31.6. The van der Waals surface area contributed by atoms with E-state index in [2.05, 4.69) is 51.1 Å². The highest BCUT2D eigenvalue weighted by Gasteiger charge is 2.33. The average Bonchev–Trinajstić information content (AvgIpc) is 3.53. The van der Waals surface area contributed by atoms with Crippen LogP contribution in [-0.4, -0.2) is 56.1 Å². The van der Waals surface area contributed by atoms with Crippen molar-refractivity contribution >= 4 is 46.2 Å². The van der Waals surface area contributed by atoms with Crippen LogP contribution in [0.25, 0.3) is 5.00 Å². The van der Waals surface area contributed by atoms with Gasteiger partial charge in [0.25, 0.3) is 0 Å². The molecule has 1 amide bonds. The number of fused-ring (bicyclic) bond motifs is 3. The van der Waals surface area contributed by atoms with E-state index in [4.69, 9.17) is 22.3 Å². The second-order valence-corrected chi connectivity index (χ2v) is 13.6. The van der Waals surface area contributed by atoms with Gasteiger partial charge >= 0.3 is 5.97 Å². The Hall–Kier alpha value is -4.50. The van der Waals surface area contributed by atoms with Gasteiger partial charge in [-0.2, -0.15) is 0 Å². The van der Waals surface area contributed by atoms with E-state index in [1.807, 2.05) is 31.2 Å². The molecule has 2 aliphatic rings. The van der Waals surface area contributed by atoms with Crippen LogP contribution in [0.4, 0.5) is 5.69 Å². The smallest absolute Gasteiger partial charge is 0.336 e. The molecule has 0 spiro atoms. The van der Waals surface area contributed by atoms with Gasteiger partial charge < -0.3 is 21.5 Å². The highest BCUT2D eigenvalue weighted by atomic mass is 35.5. The number of aromatic carboxylic acids is 1. The predicted octanol–water partition coefficient (Wildman–Crippen LogP) is 5.74. The Morgan fingerprint density at radius 1 is 1.06 bits per heavy atom. The number of hydrogen-bond acceptors (Lipinski definition) is 8. The summed E-state index contributed by atoms with van der Waals surface area (Å²) in [7, 11) is 0. The summed E-state index contributed by atoms with van der Waals surface area (Å²) in [6.07, 6.45) is 3.47. The van der Waals surface area contributed by atoms with E-state index in [9.17, 15) is 14.7 Å². The first-order valence-corrected chi connectivity index (χ1v) is 16.8. The first kappa shape index (κ1) is 32.4. The number of nitrogens with zero attached hydrogens (tertiary/aromatic N) is 4. The number of nitrogens with two attached hydrogens (primary N) is 1. The van der Waals surface area contributed by atoms with Crippen LogP contribution < -0.4 is 16.4 Å². The molecular weight excluding hydrogens is 634 g/mol. The number of carboxylic acid groups (broad SMARTS) is 1. The zero-order valence-corrected chi connectivity index (χ0v) is 28.0. The largest absolute Gasteiger partial charge is 0.478 e. The van der Waals surface area contributed by atoms with Gasteiger partial charge in [-0.15, -0.1) is 21.5 Å². The number of aryl methyl sites for hydroxylation is 2. The number of carbonyl (C=O) groups excluding carboxylic acids is 1. The molecule has 0 unspecified atom stereocenters. The van der Waals surface area contributed by atoms with Crippen LogP contribution >= 0.6 is 22.9 Å². The molecule has 3 heterocycles. The molecule has 2 aromatic carbocycles. The maximum absolute atomic E-state index is 13.6. The zero-order valence-electron chi connectivity index (χ0n) is 26.4. The lowest BCUT2D eigenvalue weighted by atomic mass is 9.90. The predicted molar refractivity (Wildman–Crippen MR) is 185 cm³/mol. The topological polar surface area (TPSA) is 148 Å². The Balaban J connectivity index is 1.16. The Bertz CT molecular complexity index is 1930. The van der Waals surface area contributed by atoms with Crippen molar-refractivity contribution in [3.05, 3.63) is 91.8 Å². The Morgan fingerprint density at radius 2 is 1.79 bits per heavy atom. The third kappa shape index (κ3) is 6.81. The molecule has 5 N–H and O–H groups in total. The lowest BCUT2D eigenvalue weighted by Gasteiger charge is -2.30. The van der Waals surface area contributed by atoms with Gasteiger partial charge in [-0.25, -0.2) is 4.79 Å². The Morgan fingerprint density at radius 3 is 2.49 bits per heavy atom. The molecule has 4 aromatic rings. The van der Waals surface area contributed by atoms with Gasteiger partial charge in [-0.05, 0) is 82.3 Å². The molecule has 6 rings (SSSR count). The summed E-state index contributed by atoms with van der Waals surface area (Å²) < 4.78 is 2.05. The fraction of sp³-hybridized carbons (Fsp3) is 0.343. The number of hydrogen-bond donors (Lipinski definition) is 4. The number of rotatable bonds is 7. The molecule has 1 fully saturated rings. The molecule has 12 heteroatoms. The van der Waals surface area contributed by atoms with Crippen LogP contribution in [0.15, 0.2) is 47.5 Å². The van der Waals surface area contributed by atoms with Crippen LogP contribution in [0.1, 0.15) is 87.3 Å². The molecule has 0 bridgehead atoms. The Labute approximate surface area is 282 Å². The highest BCUT2D eigenvalue weighted by molar-refractivity contribution is 7.15. The van der Waals surface area contributed by atoms with E-state index >= 15 is 0 Å². The van der Waals surface area contributed by atoms with Crippen LogP contribution in [0.5, 0.6) is 0 Å². The zero-order chi connectivity index (χ0) is 33.2. The molecular formula is C35H36ClN7O3S. The maximum Gasteiger partial charge on any atom is 0.336 e. The van der Waals surface area contributed by atoms with Crippen LogP contribution in [-0.2, 0) is 4.79 Å². The summed E-state index contributed by atoms with van der Waals surface area (Å²) in [6, 6.07) is 12.4. The van der Waals surface area contributed by atoms with E-state index in [0.717, 1.165) is 64.6 Å². The normalized spacial score (nSPS) is 18.6. The van der Waals surface area contributed by atoms with E-state index < -0.39 is 12.0 Å². The van der Waals surface area contributed by atoms with Crippen molar-refractivity contribution in [3.63, 3.8) is 0 Å². The van der Waals surface area contributed by atoms with Crippen molar-refractivity contribution < 1.29 is 14.7 Å². The molecule has 1 aliphatic heterocycles. The van der Waals surface area contributed by atoms with Crippen molar-refractivity contribution in [1.29, 1.82) is 0 Å². The molecule has 1 saturated carbocycles. The van der Waals surface area contributed by atoms with Crippen LogP contribution in [0.3, 0.4) is 0 Å². The third-order valence-corrected chi connectivity index (χ3v) is 10.2. The van der Waals surface area contributed by atoms with E-state index in [0.29, 0.717) is 16.4 Å². The van der Waals surface area contributed by atoms with E-state index in [-0.39, 0.29) is 36.5 Å². The summed E-state index contributed by atoms with van der Waals surface area (Å²) >= 11 is 7.91. The van der Waals surface area contributed by atoms with Crippen molar-refractivity contribution in [2.24, 2.45) is 10.7 Å². The molecule has 0 saturated heterocycles. The van der Waals surface area contributed by atoms with Crippen molar-refractivity contribution in [3.8, 4) is 16.8 Å². The summed E-state index contributed by atoms with van der Waals surface area (Å²) in [5.74, 6) is 5.90. The van der Waals surface area contributed by atoms with Crippen molar-refractivity contribution in [2.75, 3.05) is 11.9 Å². The molecule has 242 valence electrons. The number of nitrogens with one attached hydrogen (secondary N) is 2. The van der Waals surface area contributed by atoms with Crippen molar-refractivity contribution in [2.45, 2.75) is 71.0 Å². The minimum Gasteiger partial charge on any atom is -0.478 e. The molecule has 1 aliphatic carbocycles. The summed E-state index contributed by atoms with van der Waals surface area (Å²) in [5, 5.41) is 26.8. The molecule has 47 heavy (non-hydrogen) atoms. The lowest BCUT2D eigenvalue weighted by Crippen LogP contribution is -2.40. The number of amides is 1. The van der Waals surface area contributed by atoms with Gasteiger partial charge in [-0.1, -0.05) is 35.6 Å². The fourth-order valence-corrected chi connectivity index (χ4v) is 7.62. The molecule has 2 aromatic heterocycles. The SMILES string of the molecule is Cc1sc2c(c1C)C(c1ccc(Cl)cc1)=N[C@@H](CC(=O)NC1CCC(Nc3ccc(C(=O)O)c(C#CCN)c3)CC1)c1nnc(C)n1-2. The lowest BCUT2D eigenvalue weighted by molar-refractivity contribution is -0.122. The molecule has 0 radical (unpaired) electrons. The van der Waals surface area contributed by atoms with Gasteiger partial charge in [0.1, 0.15) is 16.9 Å². The average molecular weight is 670 g/mol. The standard InChI is InChI=1S/C35H36ClN7O3S/c1-19-20(2)47-34-31(19)32(22-6-8-24(36)9-7-22)40-29(33-42-41-21(3)43(33)34)18-30(44)39-26-12-10-25(11-13-26)38-27-14-15-28(35(45)46)23(17-27)5-4-16-37/h6-9,14-15,17,25-26,29,38H,10-13,16,18,37H2,1-3H3,(H,39,44)(H,45,46)/t25?,26?,29-/m0/s1. The first-order chi connectivity index (χ1) is 22.6. The Kier molecular flexibility index (Phi) is 9.45. The number of carbonyl (C=O) groups is 2. The minimum absolute atomic E-state index is 0.0394. The number of halogens is 1. The van der Waals surface area contributed by atoms with E-state index in [1.54, 1.807) is 29.5 Å². The number of thiophene rings is 1. The number of aliphatic imine (C=N–C) groups is 1. The summed E-state index contributed by atoms with van der Waals surface area (Å²) in [5.41, 5.74) is 10.8. The highest BCUT2D eigenvalue weighted by Crippen LogP contribution is 2.39. The minimum atomic E-state index is -1.03. The molecule has 1 atom stereocenters. The second kappa shape index (κ2) is 13.7. The number of aromatic nitrogens is 3. The van der Waals surface area contributed by atoms with E-state index in [1.165, 1.54) is 4.88 Å². The fourth-order valence-electron chi connectivity index (χ4n) is 6.28. The van der Waals surface area contributed by atoms with Gasteiger partial charge in [0.2, 0.25) is 5.91 Å². The third-order valence-electron chi connectivity index (χ3n) is 8.77. The van der Waals surface area contributed by atoms with Gasteiger partial charge in [0.05, 0.1) is 24.2 Å². The van der Waals surface area contributed by atoms with Gasteiger partial charge in [0.15, 0.2) is 5.82 Å². The quantitative estimate of drug-likeness (QED) is 0.184. The number of benzene rings is 2. The van der Waals surface area contributed by atoms with Crippen LogP contribution in [0, 0.1) is 32.6 Å². The number of anilines is 1. The molecule has 10 nitrogen and oxygen atoms in total. The second-order valence-electron chi connectivity index (χ2n) is 11.9. The maximum atomic E-state index is 13.6. The van der Waals surface area contributed by atoms with Crippen LogP contribution in [0.2, 0.25) is 5.02 Å².